The minimum Gasteiger partial charge on any atom is -0.476 e. The van der Waals surface area contributed by atoms with Gasteiger partial charge in [-0.2, -0.15) is 0 Å². The van der Waals surface area contributed by atoms with Crippen LogP contribution < -0.4 is 5.32 Å². The van der Waals surface area contributed by atoms with Gasteiger partial charge < -0.3 is 10.4 Å². The van der Waals surface area contributed by atoms with E-state index >= 15 is 0 Å². The van der Waals surface area contributed by atoms with Crippen LogP contribution in [0.4, 0.5) is 10.7 Å². The van der Waals surface area contributed by atoms with E-state index in [4.69, 9.17) is 5.11 Å². The van der Waals surface area contributed by atoms with Crippen LogP contribution in [0.1, 0.15) is 10.5 Å². The Labute approximate surface area is 107 Å². The summed E-state index contributed by atoms with van der Waals surface area (Å²) in [5.74, 6) is -1.02. The van der Waals surface area contributed by atoms with Crippen molar-refractivity contribution in [3.05, 3.63) is 35.5 Å². The Bertz CT molecular complexity index is 540. The summed E-state index contributed by atoms with van der Waals surface area (Å²) >= 11 is 2.89. The van der Waals surface area contributed by atoms with Gasteiger partial charge in [0.15, 0.2) is 5.69 Å². The lowest BCUT2D eigenvalue weighted by atomic mass is 10.3. The molecule has 17 heavy (non-hydrogen) atoms. The number of hydrogen-bond donors (Lipinski definition) is 2. The van der Waals surface area contributed by atoms with Gasteiger partial charge in [0.1, 0.15) is 5.00 Å². The van der Waals surface area contributed by atoms with Gasteiger partial charge in [-0.25, -0.2) is 9.78 Å². The summed E-state index contributed by atoms with van der Waals surface area (Å²) in [6.45, 7) is 0. The van der Waals surface area contributed by atoms with Crippen LogP contribution in [-0.4, -0.2) is 22.3 Å². The molecule has 1 aromatic heterocycles. The van der Waals surface area contributed by atoms with E-state index in [2.05, 4.69) is 10.3 Å². The molecule has 4 nitrogen and oxygen atoms in total. The van der Waals surface area contributed by atoms with Crippen LogP contribution in [-0.2, 0) is 0 Å². The topological polar surface area (TPSA) is 62.2 Å². The number of thioether (sulfide) groups is 1. The zero-order chi connectivity index (χ0) is 12.3. The summed E-state index contributed by atoms with van der Waals surface area (Å²) < 4.78 is 0. The number of carboxylic acid groups (broad SMARTS) is 1. The fourth-order valence-electron chi connectivity index (χ4n) is 1.36. The van der Waals surface area contributed by atoms with E-state index in [0.717, 1.165) is 10.6 Å². The van der Waals surface area contributed by atoms with Crippen molar-refractivity contribution in [2.45, 2.75) is 4.90 Å². The predicted octanol–water partition coefficient (Wildman–Crippen LogP) is 3.31. The molecule has 0 spiro atoms. The molecule has 0 bridgehead atoms. The molecule has 1 aromatic carbocycles. The second kappa shape index (κ2) is 5.20. The van der Waals surface area contributed by atoms with Gasteiger partial charge in [-0.1, -0.05) is 12.1 Å². The van der Waals surface area contributed by atoms with Crippen LogP contribution in [0.3, 0.4) is 0 Å². The normalized spacial score (nSPS) is 10.2. The number of benzene rings is 1. The Morgan fingerprint density at radius 1 is 1.47 bits per heavy atom. The average molecular weight is 266 g/mol. The van der Waals surface area contributed by atoms with Crippen LogP contribution in [0.2, 0.25) is 0 Å². The first-order chi connectivity index (χ1) is 8.22. The number of hydrogen-bond acceptors (Lipinski definition) is 5. The van der Waals surface area contributed by atoms with Crippen LogP contribution >= 0.6 is 23.1 Å². The number of anilines is 2. The fourth-order valence-corrected chi connectivity index (χ4v) is 2.60. The zero-order valence-electron chi connectivity index (χ0n) is 9.01. The summed E-state index contributed by atoms with van der Waals surface area (Å²) in [5, 5.41) is 12.6. The van der Waals surface area contributed by atoms with E-state index in [1.54, 1.807) is 11.8 Å². The highest BCUT2D eigenvalue weighted by atomic mass is 32.2. The minimum atomic E-state index is -1.02. The lowest BCUT2D eigenvalue weighted by Gasteiger charge is -2.08. The van der Waals surface area contributed by atoms with Gasteiger partial charge >= 0.3 is 5.97 Å². The van der Waals surface area contributed by atoms with Gasteiger partial charge in [0.05, 0.1) is 11.2 Å². The van der Waals surface area contributed by atoms with Crippen molar-refractivity contribution in [1.82, 2.24) is 4.98 Å². The molecule has 0 unspecified atom stereocenters. The molecule has 0 amide bonds. The molecule has 0 atom stereocenters. The Hall–Kier alpha value is -1.53. The summed E-state index contributed by atoms with van der Waals surface area (Å²) in [5.41, 5.74) is 2.48. The molecule has 0 saturated carbocycles. The highest BCUT2D eigenvalue weighted by Crippen LogP contribution is 2.30. The van der Waals surface area contributed by atoms with Gasteiger partial charge in [0.2, 0.25) is 0 Å². The van der Waals surface area contributed by atoms with E-state index in [0.29, 0.717) is 5.00 Å². The fraction of sp³-hybridized carbons (Fsp3) is 0.0909. The number of para-hydroxylation sites is 1. The third kappa shape index (κ3) is 2.59. The van der Waals surface area contributed by atoms with Crippen molar-refractivity contribution in [3.8, 4) is 0 Å². The van der Waals surface area contributed by atoms with Gasteiger partial charge in [-0.3, -0.25) is 0 Å². The molecular formula is C11H10N2O2S2. The maximum absolute atomic E-state index is 10.9. The van der Waals surface area contributed by atoms with Gasteiger partial charge in [-0.15, -0.1) is 23.1 Å². The smallest absolute Gasteiger partial charge is 0.357 e. The number of nitrogens with one attached hydrogen (secondary N) is 1. The molecule has 0 radical (unpaired) electrons. The largest absolute Gasteiger partial charge is 0.476 e. The Kier molecular flexibility index (Phi) is 3.65. The van der Waals surface area contributed by atoms with Gasteiger partial charge in [0.25, 0.3) is 0 Å². The Morgan fingerprint density at radius 2 is 2.24 bits per heavy atom. The number of aromatic carboxylic acids is 1. The molecule has 0 saturated heterocycles. The van der Waals surface area contributed by atoms with E-state index in [1.165, 1.54) is 16.8 Å². The molecule has 0 aliphatic carbocycles. The van der Waals surface area contributed by atoms with Crippen LogP contribution in [0, 0.1) is 0 Å². The van der Waals surface area contributed by atoms with Crippen molar-refractivity contribution < 1.29 is 9.90 Å². The van der Waals surface area contributed by atoms with Crippen LogP contribution in [0.5, 0.6) is 0 Å². The standard InChI is InChI=1S/C11H10N2O2S2/c1-16-8-5-3-2-4-7(8)13-10-9(11(14)15)12-6-17-10/h2-6,13H,1H3,(H,14,15). The van der Waals surface area contributed by atoms with Crippen molar-refractivity contribution >= 4 is 39.8 Å². The van der Waals surface area contributed by atoms with E-state index < -0.39 is 5.97 Å². The number of aromatic nitrogens is 1. The summed E-state index contributed by atoms with van der Waals surface area (Å²) in [6.07, 6.45) is 1.98. The molecule has 2 rings (SSSR count). The molecule has 0 aliphatic rings. The first-order valence-electron chi connectivity index (χ1n) is 4.79. The van der Waals surface area contributed by atoms with Crippen LogP contribution in [0.15, 0.2) is 34.7 Å². The number of rotatable bonds is 4. The number of nitrogens with zero attached hydrogens (tertiary/aromatic N) is 1. The predicted molar refractivity (Wildman–Crippen MR) is 70.6 cm³/mol. The molecular weight excluding hydrogens is 256 g/mol. The number of carboxylic acids is 1. The number of thiazole rings is 1. The zero-order valence-corrected chi connectivity index (χ0v) is 10.6. The highest BCUT2D eigenvalue weighted by Gasteiger charge is 2.14. The highest BCUT2D eigenvalue weighted by molar-refractivity contribution is 7.98. The second-order valence-corrected chi connectivity index (χ2v) is 4.86. The molecule has 1 heterocycles. The first kappa shape index (κ1) is 11.9. The second-order valence-electron chi connectivity index (χ2n) is 3.16. The van der Waals surface area contributed by atoms with Gasteiger partial charge in [0, 0.05) is 4.90 Å². The summed E-state index contributed by atoms with van der Waals surface area (Å²) in [6, 6.07) is 7.75. The van der Waals surface area contributed by atoms with Crippen LogP contribution in [0.25, 0.3) is 0 Å². The quantitative estimate of drug-likeness (QED) is 0.831. The van der Waals surface area contributed by atoms with Crippen molar-refractivity contribution in [3.63, 3.8) is 0 Å². The summed E-state index contributed by atoms with van der Waals surface area (Å²) in [4.78, 5) is 15.8. The van der Waals surface area contributed by atoms with E-state index in [-0.39, 0.29) is 5.69 Å². The van der Waals surface area contributed by atoms with Crippen molar-refractivity contribution in [1.29, 1.82) is 0 Å². The molecule has 0 aliphatic heterocycles. The molecule has 2 N–H and O–H groups in total. The lowest BCUT2D eigenvalue weighted by molar-refractivity contribution is 0.0692. The molecule has 88 valence electrons. The van der Waals surface area contributed by atoms with Crippen molar-refractivity contribution in [2.24, 2.45) is 0 Å². The molecule has 6 heteroatoms. The average Bonchev–Trinajstić information content (AvgIpc) is 2.78. The van der Waals surface area contributed by atoms with Crippen molar-refractivity contribution in [2.75, 3.05) is 11.6 Å². The number of carbonyl (C=O) groups is 1. The molecule has 0 fully saturated rings. The third-order valence-corrected chi connectivity index (χ3v) is 3.66. The Morgan fingerprint density at radius 3 is 2.94 bits per heavy atom. The monoisotopic (exact) mass is 266 g/mol. The lowest BCUT2D eigenvalue weighted by Crippen LogP contribution is -2.01. The minimum absolute atomic E-state index is 0.0610. The van der Waals surface area contributed by atoms with Gasteiger partial charge in [-0.05, 0) is 18.4 Å². The maximum atomic E-state index is 10.9. The summed E-state index contributed by atoms with van der Waals surface area (Å²) in [7, 11) is 0. The van der Waals surface area contributed by atoms with E-state index in [9.17, 15) is 4.79 Å². The third-order valence-electron chi connectivity index (χ3n) is 2.13. The Balaban J connectivity index is 2.31. The SMILES string of the molecule is CSc1ccccc1Nc1scnc1C(=O)O. The molecule has 2 aromatic rings. The van der Waals surface area contributed by atoms with E-state index in [1.807, 2.05) is 30.5 Å². The first-order valence-corrected chi connectivity index (χ1v) is 6.89. The maximum Gasteiger partial charge on any atom is 0.357 e.